The first-order valence-electron chi connectivity index (χ1n) is 11.7. The van der Waals surface area contributed by atoms with Gasteiger partial charge in [-0.3, -0.25) is 9.59 Å². The Hall–Kier alpha value is -2.47. The summed E-state index contributed by atoms with van der Waals surface area (Å²) >= 11 is 6.36. The maximum Gasteiger partial charge on any atom is 0.287 e. The van der Waals surface area contributed by atoms with Crippen LogP contribution in [0.2, 0.25) is 5.02 Å². The van der Waals surface area contributed by atoms with Crippen LogP contribution >= 0.6 is 11.6 Å². The third-order valence-electron chi connectivity index (χ3n) is 6.36. The van der Waals surface area contributed by atoms with E-state index in [9.17, 15) is 18.0 Å². The Morgan fingerprint density at radius 1 is 1.20 bits per heavy atom. The largest absolute Gasteiger partial charge is 0.382 e. The number of hydrogen-bond acceptors (Lipinski definition) is 7. The van der Waals surface area contributed by atoms with Crippen molar-refractivity contribution in [2.24, 2.45) is 5.92 Å². The number of nitrogens with zero attached hydrogens (tertiary/aromatic N) is 3. The molecule has 190 valence electrons. The SMILES string of the molecule is CC(=O)Nc1ccc(S(=O)(=O)N2CCC(n3ncc(NC[C@H]4CCCOC4)c(Cl)c3=O)CC2)cc1. The van der Waals surface area contributed by atoms with E-state index in [1.807, 2.05) is 0 Å². The number of benzene rings is 1. The van der Waals surface area contributed by atoms with Gasteiger partial charge in [-0.25, -0.2) is 13.1 Å². The molecule has 2 aliphatic rings. The predicted molar refractivity (Wildman–Crippen MR) is 133 cm³/mol. The van der Waals surface area contributed by atoms with Crippen LogP contribution in [0.5, 0.6) is 0 Å². The van der Waals surface area contributed by atoms with Crippen molar-refractivity contribution in [1.82, 2.24) is 14.1 Å². The minimum atomic E-state index is -3.69. The average Bonchev–Trinajstić information content (AvgIpc) is 2.86. The van der Waals surface area contributed by atoms with E-state index in [0.717, 1.165) is 19.4 Å². The van der Waals surface area contributed by atoms with Crippen LogP contribution in [0.3, 0.4) is 0 Å². The van der Waals surface area contributed by atoms with Crippen molar-refractivity contribution in [3.05, 3.63) is 45.8 Å². The molecule has 1 amide bonds. The molecule has 2 saturated heterocycles. The lowest BCUT2D eigenvalue weighted by Gasteiger charge is -2.31. The number of sulfonamides is 1. The van der Waals surface area contributed by atoms with E-state index in [2.05, 4.69) is 15.7 Å². The highest BCUT2D eigenvalue weighted by Gasteiger charge is 2.31. The highest BCUT2D eigenvalue weighted by molar-refractivity contribution is 7.89. The van der Waals surface area contributed by atoms with E-state index in [4.69, 9.17) is 16.3 Å². The van der Waals surface area contributed by atoms with Gasteiger partial charge in [0.05, 0.1) is 29.4 Å². The van der Waals surface area contributed by atoms with Crippen LogP contribution in [-0.2, 0) is 19.6 Å². The normalized spacial score (nSPS) is 19.9. The molecule has 10 nitrogen and oxygen atoms in total. The molecule has 35 heavy (non-hydrogen) atoms. The molecule has 12 heteroatoms. The monoisotopic (exact) mass is 523 g/mol. The van der Waals surface area contributed by atoms with Crippen molar-refractivity contribution in [1.29, 1.82) is 0 Å². The molecule has 1 aromatic carbocycles. The molecular formula is C23H30ClN5O5S. The summed E-state index contributed by atoms with van der Waals surface area (Å²) in [6.45, 7) is 4.05. The Kier molecular flexibility index (Phi) is 8.10. The van der Waals surface area contributed by atoms with Gasteiger partial charge in [-0.05, 0) is 55.9 Å². The minimum absolute atomic E-state index is 0.0889. The Balaban J connectivity index is 1.38. The van der Waals surface area contributed by atoms with Crippen LogP contribution < -0.4 is 16.2 Å². The summed E-state index contributed by atoms with van der Waals surface area (Å²) in [5.41, 5.74) is 0.648. The fourth-order valence-corrected chi connectivity index (χ4v) is 6.11. The molecule has 2 aromatic rings. The third kappa shape index (κ3) is 6.03. The lowest BCUT2D eigenvalue weighted by molar-refractivity contribution is -0.114. The van der Waals surface area contributed by atoms with Gasteiger partial charge in [0.2, 0.25) is 15.9 Å². The topological polar surface area (TPSA) is 123 Å². The number of amides is 1. The van der Waals surface area contributed by atoms with E-state index in [1.54, 1.807) is 18.3 Å². The van der Waals surface area contributed by atoms with Gasteiger partial charge < -0.3 is 15.4 Å². The highest BCUT2D eigenvalue weighted by Crippen LogP contribution is 2.27. The summed E-state index contributed by atoms with van der Waals surface area (Å²) in [5.74, 6) is 0.143. The molecule has 0 unspecified atom stereocenters. The van der Waals surface area contributed by atoms with E-state index in [-0.39, 0.29) is 40.5 Å². The standard InChI is InChI=1S/C23H30ClN5O5S/c1-16(30)27-18-4-6-20(7-5-18)35(32,33)28-10-8-19(9-11-28)29-23(31)22(24)21(14-26-29)25-13-17-3-2-12-34-15-17/h4-7,14,17,19,25H,2-3,8-13,15H2,1H3,(H,27,30)/t17-/m1/s1. The van der Waals surface area contributed by atoms with Gasteiger partial charge in [-0.15, -0.1) is 0 Å². The molecular weight excluding hydrogens is 494 g/mol. The molecule has 0 saturated carbocycles. The number of ether oxygens (including phenoxy) is 1. The Labute approximate surface area is 209 Å². The quantitative estimate of drug-likeness (QED) is 0.572. The number of hydrogen-bond donors (Lipinski definition) is 2. The number of nitrogens with one attached hydrogen (secondary N) is 2. The first kappa shape index (κ1) is 25.6. The number of halogens is 1. The first-order valence-corrected chi connectivity index (χ1v) is 13.5. The van der Waals surface area contributed by atoms with Crippen LogP contribution in [0.1, 0.15) is 38.6 Å². The Morgan fingerprint density at radius 2 is 1.91 bits per heavy atom. The highest BCUT2D eigenvalue weighted by atomic mass is 35.5. The molecule has 0 radical (unpaired) electrons. The van der Waals surface area contributed by atoms with E-state index in [1.165, 1.54) is 28.0 Å². The lowest BCUT2D eigenvalue weighted by Crippen LogP contribution is -2.41. The maximum absolute atomic E-state index is 13.0. The van der Waals surface area contributed by atoms with Crippen molar-refractivity contribution in [3.8, 4) is 0 Å². The van der Waals surface area contributed by atoms with Gasteiger partial charge in [0.15, 0.2) is 0 Å². The number of rotatable bonds is 7. The molecule has 1 aromatic heterocycles. The molecule has 1 atom stereocenters. The fourth-order valence-electron chi connectivity index (χ4n) is 4.44. The number of anilines is 2. The lowest BCUT2D eigenvalue weighted by atomic mass is 10.0. The zero-order valence-electron chi connectivity index (χ0n) is 19.6. The van der Waals surface area contributed by atoms with Crippen molar-refractivity contribution in [3.63, 3.8) is 0 Å². The summed E-state index contributed by atoms with van der Waals surface area (Å²) < 4.78 is 34.4. The van der Waals surface area contributed by atoms with Crippen LogP contribution in [-0.4, -0.2) is 61.3 Å². The van der Waals surface area contributed by atoms with Gasteiger partial charge in [0.25, 0.3) is 5.56 Å². The third-order valence-corrected chi connectivity index (χ3v) is 8.64. The van der Waals surface area contributed by atoms with Crippen LogP contribution in [0.15, 0.2) is 40.2 Å². The maximum atomic E-state index is 13.0. The Morgan fingerprint density at radius 3 is 2.54 bits per heavy atom. The number of piperidine rings is 1. The first-order chi connectivity index (χ1) is 16.8. The van der Waals surface area contributed by atoms with E-state index < -0.39 is 10.0 Å². The second-order valence-corrected chi connectivity index (χ2v) is 11.2. The zero-order chi connectivity index (χ0) is 25.0. The van der Waals surface area contributed by atoms with E-state index in [0.29, 0.717) is 43.3 Å². The average molecular weight is 524 g/mol. The van der Waals surface area contributed by atoms with Gasteiger partial charge in [-0.1, -0.05) is 11.6 Å². The molecule has 3 heterocycles. The second-order valence-electron chi connectivity index (χ2n) is 8.93. The molecule has 2 N–H and O–H groups in total. The van der Waals surface area contributed by atoms with Crippen molar-refractivity contribution < 1.29 is 17.9 Å². The summed E-state index contributed by atoms with van der Waals surface area (Å²) in [7, 11) is -3.69. The minimum Gasteiger partial charge on any atom is -0.382 e. The molecule has 0 spiro atoms. The number of aromatic nitrogens is 2. The van der Waals surface area contributed by atoms with Crippen LogP contribution in [0.4, 0.5) is 11.4 Å². The molecule has 2 aliphatic heterocycles. The summed E-state index contributed by atoms with van der Waals surface area (Å²) in [6, 6.07) is 5.83. The predicted octanol–water partition coefficient (Wildman–Crippen LogP) is 2.72. The summed E-state index contributed by atoms with van der Waals surface area (Å²) in [5, 5.41) is 10.2. The van der Waals surface area contributed by atoms with Gasteiger partial charge in [0.1, 0.15) is 5.02 Å². The number of carbonyl (C=O) groups is 1. The van der Waals surface area contributed by atoms with Crippen molar-refractivity contribution >= 4 is 38.9 Å². The molecule has 2 fully saturated rings. The molecule has 0 aliphatic carbocycles. The zero-order valence-corrected chi connectivity index (χ0v) is 21.1. The Bertz CT molecular complexity index is 1200. The van der Waals surface area contributed by atoms with Crippen LogP contribution in [0, 0.1) is 5.92 Å². The fraction of sp³-hybridized carbons (Fsp3) is 0.522. The molecule has 0 bridgehead atoms. The van der Waals surface area contributed by atoms with Crippen molar-refractivity contribution in [2.45, 2.75) is 43.5 Å². The second kappa shape index (κ2) is 11.1. The van der Waals surface area contributed by atoms with E-state index >= 15 is 0 Å². The number of carbonyl (C=O) groups excluding carboxylic acids is 1. The van der Waals surface area contributed by atoms with Gasteiger partial charge in [0, 0.05) is 38.9 Å². The van der Waals surface area contributed by atoms with Crippen molar-refractivity contribution in [2.75, 3.05) is 43.5 Å². The summed E-state index contributed by atoms with van der Waals surface area (Å²) in [4.78, 5) is 24.2. The van der Waals surface area contributed by atoms with Gasteiger partial charge in [-0.2, -0.15) is 9.40 Å². The van der Waals surface area contributed by atoms with Gasteiger partial charge >= 0.3 is 0 Å². The van der Waals surface area contributed by atoms with Crippen LogP contribution in [0.25, 0.3) is 0 Å². The summed E-state index contributed by atoms with van der Waals surface area (Å²) in [6.07, 6.45) is 4.54. The molecule has 4 rings (SSSR count). The smallest absolute Gasteiger partial charge is 0.287 e.